The van der Waals surface area contributed by atoms with Gasteiger partial charge >= 0.3 is 0 Å². The van der Waals surface area contributed by atoms with E-state index < -0.39 is 4.92 Å². The molecular weight excluding hydrogens is 277 g/mol. The second-order valence-electron chi connectivity index (χ2n) is 4.34. The van der Waals surface area contributed by atoms with Crippen molar-refractivity contribution in [2.45, 2.75) is 6.54 Å². The van der Waals surface area contributed by atoms with Gasteiger partial charge in [0.05, 0.1) is 4.92 Å². The average Bonchev–Trinajstić information content (AvgIpc) is 2.88. The van der Waals surface area contributed by atoms with Crippen LogP contribution in [0, 0.1) is 15.9 Å². The number of hydrogen-bond donors (Lipinski definition) is 1. The Bertz CT molecular complexity index is 816. The van der Waals surface area contributed by atoms with Crippen molar-refractivity contribution in [2.24, 2.45) is 0 Å². The largest absolute Gasteiger partial charge is 0.423 e. The van der Waals surface area contributed by atoms with E-state index in [-0.39, 0.29) is 29.6 Å². The van der Waals surface area contributed by atoms with Crippen LogP contribution in [0.3, 0.4) is 0 Å². The molecule has 0 atom stereocenters. The van der Waals surface area contributed by atoms with Gasteiger partial charge in [-0.05, 0) is 12.1 Å². The number of nitrogens with one attached hydrogen (secondary N) is 1. The first-order chi connectivity index (χ1) is 10.1. The molecule has 0 aliphatic carbocycles. The van der Waals surface area contributed by atoms with Gasteiger partial charge in [-0.1, -0.05) is 24.3 Å². The van der Waals surface area contributed by atoms with Gasteiger partial charge in [0.2, 0.25) is 0 Å². The summed E-state index contributed by atoms with van der Waals surface area (Å²) in [5.41, 5.74) is 0.795. The Morgan fingerprint density at radius 1 is 1.24 bits per heavy atom. The summed E-state index contributed by atoms with van der Waals surface area (Å²) in [6.45, 7) is 0.174. The lowest BCUT2D eigenvalue weighted by Gasteiger charge is -2.02. The number of benzene rings is 2. The van der Waals surface area contributed by atoms with E-state index in [1.54, 1.807) is 24.3 Å². The molecule has 6 nitrogen and oxygen atoms in total. The number of nitro benzene ring substituents is 1. The molecule has 1 heterocycles. The van der Waals surface area contributed by atoms with Crippen LogP contribution in [0.2, 0.25) is 0 Å². The number of rotatable bonds is 4. The molecule has 0 bridgehead atoms. The van der Waals surface area contributed by atoms with Crippen LogP contribution < -0.4 is 5.32 Å². The number of para-hydroxylation sites is 1. The molecule has 0 amide bonds. The van der Waals surface area contributed by atoms with Crippen LogP contribution in [0.4, 0.5) is 16.1 Å². The van der Waals surface area contributed by atoms with Gasteiger partial charge in [-0.15, -0.1) is 0 Å². The Hall–Kier alpha value is -2.96. The van der Waals surface area contributed by atoms with Crippen molar-refractivity contribution in [3.05, 3.63) is 64.0 Å². The molecule has 0 unspecified atom stereocenters. The van der Waals surface area contributed by atoms with Crippen molar-refractivity contribution < 1.29 is 13.7 Å². The van der Waals surface area contributed by atoms with Crippen molar-refractivity contribution in [1.29, 1.82) is 0 Å². The fraction of sp³-hybridized carbons (Fsp3) is 0.0714. The molecule has 3 aromatic rings. The predicted molar refractivity (Wildman–Crippen MR) is 74.4 cm³/mol. The van der Waals surface area contributed by atoms with E-state index in [1.807, 2.05) is 0 Å². The van der Waals surface area contributed by atoms with Gasteiger partial charge in [-0.3, -0.25) is 10.1 Å². The summed E-state index contributed by atoms with van der Waals surface area (Å²) in [6, 6.07) is 10.9. The summed E-state index contributed by atoms with van der Waals surface area (Å²) in [7, 11) is 0. The molecule has 3 rings (SSSR count). The molecule has 0 aliphatic rings. The number of halogens is 1. The van der Waals surface area contributed by atoms with Crippen LogP contribution in [0.5, 0.6) is 0 Å². The maximum Gasteiger partial charge on any atom is 0.298 e. The van der Waals surface area contributed by atoms with E-state index in [9.17, 15) is 14.5 Å². The Balaban J connectivity index is 1.87. The molecule has 1 aromatic heterocycles. The van der Waals surface area contributed by atoms with Crippen molar-refractivity contribution in [3.8, 4) is 0 Å². The summed E-state index contributed by atoms with van der Waals surface area (Å²) in [4.78, 5) is 14.4. The van der Waals surface area contributed by atoms with Crippen LogP contribution in [-0.4, -0.2) is 9.91 Å². The molecule has 0 spiro atoms. The highest BCUT2D eigenvalue weighted by molar-refractivity contribution is 5.83. The van der Waals surface area contributed by atoms with Crippen LogP contribution >= 0.6 is 0 Å². The first kappa shape index (κ1) is 13.0. The number of nitro groups is 1. The molecule has 0 radical (unpaired) electrons. The lowest BCUT2D eigenvalue weighted by Crippen LogP contribution is -2.01. The number of aromatic nitrogens is 1. The second kappa shape index (κ2) is 5.20. The predicted octanol–water partition coefficient (Wildman–Crippen LogP) is 3.49. The summed E-state index contributed by atoms with van der Waals surface area (Å²) in [5, 5.41) is 13.7. The van der Waals surface area contributed by atoms with Crippen molar-refractivity contribution in [1.82, 2.24) is 4.98 Å². The number of fused-ring (bicyclic) bond motifs is 1. The molecular formula is C14H10FN3O3. The Morgan fingerprint density at radius 2 is 2.05 bits per heavy atom. The topological polar surface area (TPSA) is 81.2 Å². The highest BCUT2D eigenvalue weighted by Crippen LogP contribution is 2.27. The lowest BCUT2D eigenvalue weighted by atomic mass is 10.2. The number of nitrogens with zero attached hydrogens (tertiary/aromatic N) is 2. The number of hydrogen-bond acceptors (Lipinski definition) is 5. The van der Waals surface area contributed by atoms with Gasteiger partial charge in [0.15, 0.2) is 11.1 Å². The highest BCUT2D eigenvalue weighted by Gasteiger charge is 2.17. The zero-order valence-corrected chi connectivity index (χ0v) is 10.7. The summed E-state index contributed by atoms with van der Waals surface area (Å²) < 4.78 is 18.9. The van der Waals surface area contributed by atoms with Gasteiger partial charge in [0.25, 0.3) is 11.7 Å². The third-order valence-corrected chi connectivity index (χ3v) is 2.98. The first-order valence-corrected chi connectivity index (χ1v) is 6.16. The van der Waals surface area contributed by atoms with E-state index in [1.165, 1.54) is 18.2 Å². The third-order valence-electron chi connectivity index (χ3n) is 2.98. The smallest absolute Gasteiger partial charge is 0.298 e. The summed E-state index contributed by atoms with van der Waals surface area (Å²) in [6.07, 6.45) is 0. The van der Waals surface area contributed by atoms with E-state index in [0.29, 0.717) is 11.1 Å². The van der Waals surface area contributed by atoms with Crippen molar-refractivity contribution >= 4 is 22.8 Å². The molecule has 1 N–H and O–H groups in total. The third kappa shape index (κ3) is 2.53. The minimum Gasteiger partial charge on any atom is -0.423 e. The molecule has 0 aliphatic heterocycles. The zero-order valence-electron chi connectivity index (χ0n) is 10.7. The van der Waals surface area contributed by atoms with E-state index in [2.05, 4.69) is 10.3 Å². The molecule has 106 valence electrons. The Labute approximate surface area is 118 Å². The average molecular weight is 287 g/mol. The molecule has 0 saturated heterocycles. The number of oxazole rings is 1. The van der Waals surface area contributed by atoms with Crippen molar-refractivity contribution in [3.63, 3.8) is 0 Å². The van der Waals surface area contributed by atoms with Crippen LogP contribution in [0.25, 0.3) is 11.1 Å². The fourth-order valence-corrected chi connectivity index (χ4v) is 1.97. The van der Waals surface area contributed by atoms with Crippen molar-refractivity contribution in [2.75, 3.05) is 5.32 Å². The van der Waals surface area contributed by atoms with Crippen LogP contribution in [-0.2, 0) is 6.54 Å². The molecule has 7 heteroatoms. The fourth-order valence-electron chi connectivity index (χ4n) is 1.97. The van der Waals surface area contributed by atoms with E-state index in [4.69, 9.17) is 4.42 Å². The van der Waals surface area contributed by atoms with Crippen LogP contribution in [0.15, 0.2) is 46.9 Å². The van der Waals surface area contributed by atoms with E-state index in [0.717, 1.165) is 0 Å². The molecule has 21 heavy (non-hydrogen) atoms. The minimum atomic E-state index is -0.522. The van der Waals surface area contributed by atoms with Gasteiger partial charge in [0.1, 0.15) is 5.82 Å². The number of anilines is 1. The SMILES string of the molecule is O=[N+]([O-])c1cccc2oc(NCc3ccccc3F)nc12. The monoisotopic (exact) mass is 287 g/mol. The summed E-state index contributed by atoms with van der Waals surface area (Å²) >= 11 is 0. The maximum absolute atomic E-state index is 13.5. The normalized spacial score (nSPS) is 10.7. The second-order valence-corrected chi connectivity index (χ2v) is 4.34. The van der Waals surface area contributed by atoms with Crippen LogP contribution in [0.1, 0.15) is 5.56 Å². The zero-order chi connectivity index (χ0) is 14.8. The van der Waals surface area contributed by atoms with Gasteiger partial charge in [-0.25, -0.2) is 4.39 Å². The highest BCUT2D eigenvalue weighted by atomic mass is 19.1. The minimum absolute atomic E-state index is 0.113. The van der Waals surface area contributed by atoms with Gasteiger partial charge in [-0.2, -0.15) is 4.98 Å². The molecule has 2 aromatic carbocycles. The van der Waals surface area contributed by atoms with Gasteiger partial charge < -0.3 is 9.73 Å². The summed E-state index contributed by atoms with van der Waals surface area (Å²) in [5.74, 6) is -0.341. The first-order valence-electron chi connectivity index (χ1n) is 6.16. The quantitative estimate of drug-likeness (QED) is 0.586. The number of non-ortho nitro benzene ring substituents is 1. The molecule has 0 saturated carbocycles. The lowest BCUT2D eigenvalue weighted by molar-refractivity contribution is -0.383. The Kier molecular flexibility index (Phi) is 3.23. The standard InChI is InChI=1S/C14H10FN3O3/c15-10-5-2-1-4-9(10)8-16-14-17-13-11(18(19)20)6-3-7-12(13)21-14/h1-7H,8H2,(H,16,17). The maximum atomic E-state index is 13.5. The van der Waals surface area contributed by atoms with Gasteiger partial charge in [0, 0.05) is 18.2 Å². The molecule has 0 fully saturated rings. The Morgan fingerprint density at radius 3 is 2.81 bits per heavy atom. The van der Waals surface area contributed by atoms with E-state index >= 15 is 0 Å².